The van der Waals surface area contributed by atoms with Gasteiger partial charge in [0.1, 0.15) is 0 Å². The predicted molar refractivity (Wildman–Crippen MR) is 80.8 cm³/mol. The van der Waals surface area contributed by atoms with Gasteiger partial charge in [-0.3, -0.25) is 10.1 Å². The number of hydrogen-bond donors (Lipinski definition) is 2. The summed E-state index contributed by atoms with van der Waals surface area (Å²) >= 11 is 0. The zero-order valence-corrected chi connectivity index (χ0v) is 12.0. The molecule has 0 spiro atoms. The van der Waals surface area contributed by atoms with E-state index in [9.17, 15) is 10.1 Å². The van der Waals surface area contributed by atoms with Gasteiger partial charge in [0.05, 0.1) is 10.5 Å². The number of nitrogens with zero attached hydrogens (tertiary/aromatic N) is 3. The summed E-state index contributed by atoms with van der Waals surface area (Å²) in [6, 6.07) is 4.44. The smallest absolute Gasteiger partial charge is 0.270 e. The highest BCUT2D eigenvalue weighted by Crippen LogP contribution is 2.29. The van der Waals surface area contributed by atoms with Crippen LogP contribution in [-0.4, -0.2) is 29.6 Å². The quantitative estimate of drug-likeness (QED) is 0.285. The van der Waals surface area contributed by atoms with Crippen LogP contribution in [-0.2, 0) is 0 Å². The van der Waals surface area contributed by atoms with Gasteiger partial charge in [-0.2, -0.15) is 0 Å². The molecule has 1 fully saturated rings. The van der Waals surface area contributed by atoms with Gasteiger partial charge in [-0.05, 0) is 24.8 Å². The van der Waals surface area contributed by atoms with E-state index in [1.54, 1.807) is 6.07 Å². The molecule has 0 amide bonds. The van der Waals surface area contributed by atoms with Crippen LogP contribution in [0.25, 0.3) is 0 Å². The lowest BCUT2D eigenvalue weighted by atomic mass is 10.1. The Bertz CT molecular complexity index is 553. The molecule has 0 unspecified atom stereocenters. The molecule has 7 heteroatoms. The van der Waals surface area contributed by atoms with Gasteiger partial charge < -0.3 is 15.8 Å². The van der Waals surface area contributed by atoms with Crippen LogP contribution in [0.2, 0.25) is 0 Å². The van der Waals surface area contributed by atoms with Crippen molar-refractivity contribution >= 4 is 17.2 Å². The van der Waals surface area contributed by atoms with Crippen molar-refractivity contribution in [1.82, 2.24) is 0 Å². The molecule has 2 rings (SSSR count). The van der Waals surface area contributed by atoms with Crippen LogP contribution < -0.4 is 10.6 Å². The molecule has 114 valence electrons. The van der Waals surface area contributed by atoms with Crippen LogP contribution in [0.1, 0.15) is 31.2 Å². The molecule has 1 aliphatic carbocycles. The molecular weight excluding hydrogens is 272 g/mol. The van der Waals surface area contributed by atoms with E-state index < -0.39 is 4.92 Å². The summed E-state index contributed by atoms with van der Waals surface area (Å²) in [6.07, 6.45) is 4.92. The third-order valence-electron chi connectivity index (χ3n) is 3.99. The number of oxime groups is 1. The number of nitro benzene ring substituents is 1. The molecule has 0 aliphatic heterocycles. The van der Waals surface area contributed by atoms with E-state index in [2.05, 4.69) is 5.16 Å². The van der Waals surface area contributed by atoms with E-state index in [4.69, 9.17) is 10.9 Å². The van der Waals surface area contributed by atoms with Gasteiger partial charge in [-0.25, -0.2) is 0 Å². The summed E-state index contributed by atoms with van der Waals surface area (Å²) in [6.45, 7) is 0.865. The fraction of sp³-hybridized carbons (Fsp3) is 0.500. The molecule has 0 aromatic heterocycles. The Hall–Kier alpha value is -2.31. The highest BCUT2D eigenvalue weighted by Gasteiger charge is 2.21. The molecule has 0 atom stereocenters. The molecule has 21 heavy (non-hydrogen) atoms. The first-order valence-corrected chi connectivity index (χ1v) is 7.00. The van der Waals surface area contributed by atoms with E-state index in [0.717, 1.165) is 12.2 Å². The summed E-state index contributed by atoms with van der Waals surface area (Å²) in [5.74, 6) is 0.511. The van der Waals surface area contributed by atoms with Crippen LogP contribution in [0.4, 0.5) is 11.4 Å². The number of non-ortho nitro benzene ring substituents is 1. The molecule has 1 aliphatic rings. The maximum atomic E-state index is 10.9. The minimum Gasteiger partial charge on any atom is -0.409 e. The van der Waals surface area contributed by atoms with E-state index in [-0.39, 0.29) is 11.5 Å². The van der Waals surface area contributed by atoms with Gasteiger partial charge in [-0.15, -0.1) is 0 Å². The van der Waals surface area contributed by atoms with Gasteiger partial charge >= 0.3 is 0 Å². The molecule has 0 heterocycles. The Morgan fingerprint density at radius 2 is 2.19 bits per heavy atom. The number of hydrogen-bond acceptors (Lipinski definition) is 5. The van der Waals surface area contributed by atoms with Crippen LogP contribution in [0.5, 0.6) is 0 Å². The average molecular weight is 292 g/mol. The van der Waals surface area contributed by atoms with Crippen molar-refractivity contribution in [3.8, 4) is 0 Å². The molecule has 0 saturated heterocycles. The van der Waals surface area contributed by atoms with E-state index in [0.29, 0.717) is 11.5 Å². The van der Waals surface area contributed by atoms with E-state index >= 15 is 0 Å². The number of nitrogens with two attached hydrogens (primary N) is 1. The fourth-order valence-corrected chi connectivity index (χ4v) is 2.91. The Balaban J connectivity index is 2.30. The first-order valence-electron chi connectivity index (χ1n) is 7.00. The van der Waals surface area contributed by atoms with Gasteiger partial charge in [0.2, 0.25) is 0 Å². The minimum absolute atomic E-state index is 0.0744. The van der Waals surface area contributed by atoms with Crippen molar-refractivity contribution in [2.45, 2.75) is 25.7 Å². The molecule has 1 aromatic rings. The second kappa shape index (κ2) is 6.43. The standard InChI is InChI=1S/C14H20N4O3/c1-17(9-10-4-2-3-5-10)13-7-6-11(18(20)21)8-12(13)14(15)16-19/h6-8,10,19H,2-5,9H2,1H3,(H2,15,16). The van der Waals surface area contributed by atoms with Crippen molar-refractivity contribution in [3.63, 3.8) is 0 Å². The lowest BCUT2D eigenvalue weighted by Gasteiger charge is -2.25. The first-order chi connectivity index (χ1) is 10.0. The molecule has 1 saturated carbocycles. The van der Waals surface area contributed by atoms with Crippen LogP contribution in [0, 0.1) is 16.0 Å². The largest absolute Gasteiger partial charge is 0.409 e. The maximum absolute atomic E-state index is 10.9. The zero-order chi connectivity index (χ0) is 15.4. The van der Waals surface area contributed by atoms with Gasteiger partial charge in [0.25, 0.3) is 5.69 Å². The van der Waals surface area contributed by atoms with Crippen molar-refractivity contribution in [2.24, 2.45) is 16.8 Å². The molecule has 1 aromatic carbocycles. The van der Waals surface area contributed by atoms with Crippen molar-refractivity contribution in [2.75, 3.05) is 18.5 Å². The van der Waals surface area contributed by atoms with Crippen molar-refractivity contribution < 1.29 is 10.1 Å². The lowest BCUT2D eigenvalue weighted by molar-refractivity contribution is -0.384. The summed E-state index contributed by atoms with van der Waals surface area (Å²) in [4.78, 5) is 12.4. The highest BCUT2D eigenvalue weighted by atomic mass is 16.6. The van der Waals surface area contributed by atoms with E-state index in [1.165, 1.54) is 37.8 Å². The maximum Gasteiger partial charge on any atom is 0.270 e. The third-order valence-corrected chi connectivity index (χ3v) is 3.99. The molecular formula is C14H20N4O3. The summed E-state index contributed by atoms with van der Waals surface area (Å²) in [7, 11) is 1.92. The lowest BCUT2D eigenvalue weighted by Crippen LogP contribution is -2.27. The van der Waals surface area contributed by atoms with Gasteiger partial charge in [-0.1, -0.05) is 18.0 Å². The highest BCUT2D eigenvalue weighted by molar-refractivity contribution is 6.02. The summed E-state index contributed by atoms with van der Waals surface area (Å²) in [5, 5.41) is 22.7. The van der Waals surface area contributed by atoms with Crippen molar-refractivity contribution in [1.29, 1.82) is 0 Å². The average Bonchev–Trinajstić information content (AvgIpc) is 2.98. The Morgan fingerprint density at radius 1 is 1.52 bits per heavy atom. The SMILES string of the molecule is CN(CC1CCCC1)c1ccc([N+](=O)[O-])cc1C(N)=NO. The van der Waals surface area contributed by atoms with E-state index in [1.807, 2.05) is 11.9 Å². The van der Waals surface area contributed by atoms with Crippen LogP contribution >= 0.6 is 0 Å². The van der Waals surface area contributed by atoms with Gasteiger partial charge in [0, 0.05) is 31.4 Å². The Labute approximate surface area is 123 Å². The Kier molecular flexibility index (Phi) is 4.62. The van der Waals surface area contributed by atoms with Crippen LogP contribution in [0.15, 0.2) is 23.4 Å². The third kappa shape index (κ3) is 3.42. The molecule has 3 N–H and O–H groups in total. The zero-order valence-electron chi connectivity index (χ0n) is 12.0. The summed E-state index contributed by atoms with van der Waals surface area (Å²) < 4.78 is 0. The molecule has 0 bridgehead atoms. The second-order valence-electron chi connectivity index (χ2n) is 5.47. The monoisotopic (exact) mass is 292 g/mol. The number of anilines is 1. The Morgan fingerprint density at radius 3 is 2.76 bits per heavy atom. The topological polar surface area (TPSA) is 105 Å². The number of benzene rings is 1. The summed E-state index contributed by atoms with van der Waals surface area (Å²) in [5.41, 5.74) is 6.71. The van der Waals surface area contributed by atoms with Gasteiger partial charge in [0.15, 0.2) is 5.84 Å². The fourth-order valence-electron chi connectivity index (χ4n) is 2.91. The molecule has 0 radical (unpaired) electrons. The second-order valence-corrected chi connectivity index (χ2v) is 5.47. The molecule has 7 nitrogen and oxygen atoms in total. The first kappa shape index (κ1) is 15.1. The van der Waals surface area contributed by atoms with Crippen molar-refractivity contribution in [3.05, 3.63) is 33.9 Å². The normalized spacial score (nSPS) is 16.1. The predicted octanol–water partition coefficient (Wildman–Crippen LogP) is 2.32. The number of nitro groups is 1. The minimum atomic E-state index is -0.491. The number of amidine groups is 1. The van der Waals surface area contributed by atoms with Crippen LogP contribution in [0.3, 0.4) is 0 Å². The number of rotatable bonds is 5.